The summed E-state index contributed by atoms with van der Waals surface area (Å²) in [6, 6.07) is 5.45. The Morgan fingerprint density at radius 1 is 1.22 bits per heavy atom. The minimum absolute atomic E-state index is 0.0487. The summed E-state index contributed by atoms with van der Waals surface area (Å²) >= 11 is 0. The van der Waals surface area contributed by atoms with Crippen LogP contribution in [0.25, 0.3) is 10.9 Å². The number of fused-ring (bicyclic) bond motifs is 1. The molecule has 0 spiro atoms. The van der Waals surface area contributed by atoms with E-state index in [4.69, 9.17) is 4.52 Å². The van der Waals surface area contributed by atoms with Gasteiger partial charge >= 0.3 is 0 Å². The third kappa shape index (κ3) is 5.68. The first-order valence-corrected chi connectivity index (χ1v) is 13.1. The van der Waals surface area contributed by atoms with Crippen LogP contribution in [0.2, 0.25) is 0 Å². The van der Waals surface area contributed by atoms with Gasteiger partial charge in [-0.15, -0.1) is 0 Å². The molecule has 1 amide bonds. The fourth-order valence-electron chi connectivity index (χ4n) is 5.81. The van der Waals surface area contributed by atoms with E-state index < -0.39 is 11.6 Å². The van der Waals surface area contributed by atoms with Gasteiger partial charge in [-0.3, -0.25) is 9.48 Å². The monoisotopic (exact) mass is 517 g/mol. The summed E-state index contributed by atoms with van der Waals surface area (Å²) in [5.41, 5.74) is 0.344. The number of hydrogen-bond donors (Lipinski definition) is 1. The minimum atomic E-state index is -2.97. The number of nitrogens with zero attached hydrogens (tertiary/aromatic N) is 4. The number of benzene rings is 1. The molecule has 10 heteroatoms. The number of carbonyl (C=O) groups excluding carboxylic acids is 1. The second-order valence-corrected chi connectivity index (χ2v) is 10.8. The summed E-state index contributed by atoms with van der Waals surface area (Å²) in [7, 11) is 1.83. The molecule has 2 aromatic heterocycles. The van der Waals surface area contributed by atoms with Crippen LogP contribution in [-0.2, 0) is 13.0 Å². The van der Waals surface area contributed by atoms with Crippen LogP contribution < -0.4 is 5.32 Å². The lowest BCUT2D eigenvalue weighted by molar-refractivity contribution is 0.0152. The van der Waals surface area contributed by atoms with Crippen LogP contribution in [0.5, 0.6) is 0 Å². The highest BCUT2D eigenvalue weighted by atomic mass is 19.3. The van der Waals surface area contributed by atoms with Crippen molar-refractivity contribution >= 4 is 16.8 Å². The molecule has 0 radical (unpaired) electrons. The molecule has 0 atom stereocenters. The van der Waals surface area contributed by atoms with E-state index >= 15 is 4.39 Å². The third-order valence-corrected chi connectivity index (χ3v) is 8.05. The predicted molar refractivity (Wildman–Crippen MR) is 133 cm³/mol. The fourth-order valence-corrected chi connectivity index (χ4v) is 5.81. The average molecular weight is 518 g/mol. The quantitative estimate of drug-likeness (QED) is 0.459. The Hall–Kier alpha value is -2.88. The topological polar surface area (TPSA) is 76.2 Å². The molecule has 5 rings (SSSR count). The number of aryl methyl sites for hydroxylation is 1. The van der Waals surface area contributed by atoms with Crippen molar-refractivity contribution in [3.05, 3.63) is 47.5 Å². The molecule has 2 aliphatic rings. The number of amides is 1. The molecule has 2 fully saturated rings. The molecule has 1 aliphatic heterocycles. The van der Waals surface area contributed by atoms with Crippen LogP contribution in [-0.4, -0.2) is 57.1 Å². The summed E-state index contributed by atoms with van der Waals surface area (Å²) in [5.74, 6) is -3.18. The molecule has 3 heterocycles. The molecule has 200 valence electrons. The summed E-state index contributed by atoms with van der Waals surface area (Å²) in [6.45, 7) is 2.95. The Kier molecular flexibility index (Phi) is 7.04. The van der Waals surface area contributed by atoms with Gasteiger partial charge in [-0.25, -0.2) is 13.2 Å². The number of halogens is 3. The van der Waals surface area contributed by atoms with Crippen molar-refractivity contribution in [3.63, 3.8) is 0 Å². The molecule has 1 saturated carbocycles. The van der Waals surface area contributed by atoms with Crippen LogP contribution in [0, 0.1) is 0 Å². The number of nitrogens with one attached hydrogen (secondary N) is 1. The van der Waals surface area contributed by atoms with E-state index in [2.05, 4.69) is 20.5 Å². The molecular formula is C27H34F3N5O2. The van der Waals surface area contributed by atoms with Gasteiger partial charge in [0, 0.05) is 44.1 Å². The van der Waals surface area contributed by atoms with E-state index in [0.717, 1.165) is 37.2 Å². The summed E-state index contributed by atoms with van der Waals surface area (Å²) in [4.78, 5) is 15.1. The normalized spacial score (nSPS) is 24.0. The van der Waals surface area contributed by atoms with Gasteiger partial charge < -0.3 is 14.7 Å². The lowest BCUT2D eigenvalue weighted by atomic mass is 9.81. The van der Waals surface area contributed by atoms with E-state index in [9.17, 15) is 13.6 Å². The first-order valence-electron chi connectivity index (χ1n) is 13.1. The molecule has 0 bridgehead atoms. The predicted octanol–water partition coefficient (Wildman–Crippen LogP) is 5.32. The van der Waals surface area contributed by atoms with Crippen molar-refractivity contribution in [2.24, 2.45) is 7.05 Å². The lowest BCUT2D eigenvalue weighted by Crippen LogP contribution is -2.43. The van der Waals surface area contributed by atoms with Crippen molar-refractivity contribution in [2.45, 2.75) is 75.4 Å². The second kappa shape index (κ2) is 10.1. The van der Waals surface area contributed by atoms with E-state index in [-0.39, 0.29) is 23.4 Å². The Morgan fingerprint density at radius 2 is 1.95 bits per heavy atom. The summed E-state index contributed by atoms with van der Waals surface area (Å²) < 4.78 is 49.8. The highest BCUT2D eigenvalue weighted by Crippen LogP contribution is 2.38. The van der Waals surface area contributed by atoms with Gasteiger partial charge in [0.15, 0.2) is 0 Å². The highest BCUT2D eigenvalue weighted by molar-refractivity contribution is 6.06. The van der Waals surface area contributed by atoms with Crippen molar-refractivity contribution in [1.29, 1.82) is 0 Å². The highest BCUT2D eigenvalue weighted by Gasteiger charge is 2.38. The van der Waals surface area contributed by atoms with E-state index in [0.29, 0.717) is 62.7 Å². The van der Waals surface area contributed by atoms with Crippen molar-refractivity contribution in [2.75, 3.05) is 19.6 Å². The second-order valence-electron chi connectivity index (χ2n) is 10.8. The number of alkyl halides is 3. The number of hydrogen-bond acceptors (Lipinski definition) is 5. The largest absolute Gasteiger partial charge is 0.364 e. The van der Waals surface area contributed by atoms with E-state index in [1.165, 1.54) is 0 Å². The van der Waals surface area contributed by atoms with Crippen LogP contribution in [0.4, 0.5) is 13.2 Å². The Bertz CT molecular complexity index is 1230. The first kappa shape index (κ1) is 25.8. The van der Waals surface area contributed by atoms with Gasteiger partial charge in [-0.2, -0.15) is 5.10 Å². The van der Waals surface area contributed by atoms with Gasteiger partial charge in [0.25, 0.3) is 11.8 Å². The zero-order valence-electron chi connectivity index (χ0n) is 21.4. The van der Waals surface area contributed by atoms with Gasteiger partial charge in [-0.05, 0) is 70.2 Å². The van der Waals surface area contributed by atoms with Crippen LogP contribution >= 0.6 is 0 Å². The maximum Gasteiger partial charge on any atom is 0.275 e. The van der Waals surface area contributed by atoms with Crippen molar-refractivity contribution < 1.29 is 22.5 Å². The number of rotatable bonds is 7. The Balaban J connectivity index is 1.08. The van der Waals surface area contributed by atoms with Crippen LogP contribution in [0.1, 0.15) is 79.4 Å². The zero-order chi connectivity index (χ0) is 26.2. The standard InChI is InChI=1S/C27H34F3N5O2/c1-26(28,29)22-17-37-33-24(22)18-8-13-35(14-9-18)15-12-27(30)10-6-19(7-11-27)31-25(36)20-4-3-5-23-21(20)16-34(2)32-23/h3-5,16-19H,6-15H2,1-2H3,(H,31,36)/t19-,27+. The molecule has 1 N–H and O–H groups in total. The SMILES string of the molecule is Cn1cc2c(C(=O)N[C@H]3CC[C@](F)(CCN4CCC(c5nocc5C(C)(F)F)CC4)CC3)cccc2n1. The fraction of sp³-hybridized carbons (Fsp3) is 0.593. The maximum atomic E-state index is 15.6. The molecule has 1 saturated heterocycles. The summed E-state index contributed by atoms with van der Waals surface area (Å²) in [6.07, 6.45) is 6.77. The van der Waals surface area contributed by atoms with Gasteiger partial charge in [0.2, 0.25) is 0 Å². The van der Waals surface area contributed by atoms with E-state index in [1.54, 1.807) is 10.7 Å². The average Bonchev–Trinajstić information content (AvgIpc) is 3.51. The van der Waals surface area contributed by atoms with Gasteiger partial charge in [-0.1, -0.05) is 11.2 Å². The maximum absolute atomic E-state index is 15.6. The Labute approximate surface area is 214 Å². The van der Waals surface area contributed by atoms with Gasteiger partial charge in [0.1, 0.15) is 11.9 Å². The van der Waals surface area contributed by atoms with Gasteiger partial charge in [0.05, 0.1) is 22.3 Å². The van der Waals surface area contributed by atoms with E-state index in [1.807, 2.05) is 25.4 Å². The molecule has 1 aliphatic carbocycles. The lowest BCUT2D eigenvalue weighted by Gasteiger charge is -2.37. The molecule has 1 aromatic carbocycles. The molecule has 3 aromatic rings. The third-order valence-electron chi connectivity index (χ3n) is 8.05. The van der Waals surface area contributed by atoms with Crippen molar-refractivity contribution in [1.82, 2.24) is 25.2 Å². The zero-order valence-corrected chi connectivity index (χ0v) is 21.4. The molecular weight excluding hydrogens is 483 g/mol. The number of carbonyl (C=O) groups is 1. The number of piperidine rings is 1. The molecule has 0 unspecified atom stereocenters. The molecule has 37 heavy (non-hydrogen) atoms. The Morgan fingerprint density at radius 3 is 2.65 bits per heavy atom. The first-order chi connectivity index (χ1) is 17.6. The molecule has 7 nitrogen and oxygen atoms in total. The van der Waals surface area contributed by atoms with Crippen molar-refractivity contribution in [3.8, 4) is 0 Å². The van der Waals surface area contributed by atoms with Crippen LogP contribution in [0.3, 0.4) is 0 Å². The van der Waals surface area contributed by atoms with Crippen LogP contribution in [0.15, 0.2) is 35.2 Å². The number of aromatic nitrogens is 3. The number of likely N-dealkylation sites (tertiary alicyclic amines) is 1. The summed E-state index contributed by atoms with van der Waals surface area (Å²) in [5, 5.41) is 12.1. The minimum Gasteiger partial charge on any atom is -0.364 e. The smallest absolute Gasteiger partial charge is 0.275 e.